The Morgan fingerprint density at radius 1 is 1.05 bits per heavy atom. The Kier molecular flexibility index (Phi) is 2.51. The van der Waals surface area contributed by atoms with Gasteiger partial charge >= 0.3 is 0 Å². The van der Waals surface area contributed by atoms with E-state index >= 15 is 0 Å². The van der Waals surface area contributed by atoms with Gasteiger partial charge in [0.15, 0.2) is 0 Å². The van der Waals surface area contributed by atoms with Gasteiger partial charge in [0.1, 0.15) is 21.3 Å². The van der Waals surface area contributed by atoms with Crippen LogP contribution in [0.25, 0.3) is 0 Å². The Balaban J connectivity index is 1.89. The van der Waals surface area contributed by atoms with Crippen molar-refractivity contribution >= 4 is 37.5 Å². The molecule has 1 atom stereocenters. The van der Waals surface area contributed by atoms with E-state index in [1.54, 1.807) is 23.9 Å². The van der Waals surface area contributed by atoms with Crippen molar-refractivity contribution in [3.63, 3.8) is 0 Å². The molecule has 2 aromatic carbocycles. The minimum Gasteiger partial charge on any atom is -0.455 e. The van der Waals surface area contributed by atoms with Crippen molar-refractivity contribution in [3.8, 4) is 11.5 Å². The molecule has 0 amide bonds. The predicted molar refractivity (Wildman–Crippen MR) is 75.4 cm³/mol. The summed E-state index contributed by atoms with van der Waals surface area (Å²) < 4.78 is 17.6. The number of rotatable bonds is 0. The van der Waals surface area contributed by atoms with Crippen molar-refractivity contribution in [2.45, 2.75) is 14.7 Å². The summed E-state index contributed by atoms with van der Waals surface area (Å²) in [4.78, 5) is 14.2. The third-order valence-electron chi connectivity index (χ3n) is 2.89. The van der Waals surface area contributed by atoms with Gasteiger partial charge in [-0.05, 0) is 24.3 Å². The van der Waals surface area contributed by atoms with E-state index in [0.29, 0.717) is 16.2 Å². The number of carbonyl (C=O) groups is 1. The van der Waals surface area contributed by atoms with Crippen molar-refractivity contribution in [1.82, 2.24) is 0 Å². The van der Waals surface area contributed by atoms with Crippen LogP contribution in [0.5, 0.6) is 11.5 Å². The number of carbonyl (C=O) groups excluding carboxylic acids is 1. The molecule has 19 heavy (non-hydrogen) atoms. The molecule has 6 heteroatoms. The quantitative estimate of drug-likeness (QED) is 0.590. The van der Waals surface area contributed by atoms with E-state index in [4.69, 9.17) is 4.74 Å². The second-order valence-electron chi connectivity index (χ2n) is 4.05. The molecular weight excluding hydrogens is 300 g/mol. The molecule has 2 aromatic rings. The van der Waals surface area contributed by atoms with Gasteiger partial charge in [0, 0.05) is 16.4 Å². The fraction of sp³-hybridized carbons (Fsp3) is 0. The van der Waals surface area contributed by atoms with Crippen molar-refractivity contribution < 1.29 is 13.7 Å². The highest BCUT2D eigenvalue weighted by atomic mass is 33.1. The lowest BCUT2D eigenvalue weighted by molar-refractivity contribution is 0.108. The number of fused-ring (bicyclic) bond motifs is 3. The van der Waals surface area contributed by atoms with Gasteiger partial charge < -0.3 is 4.74 Å². The standard InChI is InChI=1S/C13H6O3S3/c14-13-7-5-11-9(6-12(7)19(15)18-13)16-8-3-1-2-4-10(8)17-11/h1-6H. The van der Waals surface area contributed by atoms with Crippen molar-refractivity contribution in [2.24, 2.45) is 0 Å². The Hall–Kier alpha value is -1.24. The van der Waals surface area contributed by atoms with Gasteiger partial charge in [-0.25, -0.2) is 4.21 Å². The van der Waals surface area contributed by atoms with E-state index in [1.165, 1.54) is 0 Å². The smallest absolute Gasteiger partial charge is 0.233 e. The maximum atomic E-state index is 11.8. The molecule has 0 bridgehead atoms. The van der Waals surface area contributed by atoms with Gasteiger partial charge in [0.2, 0.25) is 5.12 Å². The van der Waals surface area contributed by atoms with Crippen LogP contribution < -0.4 is 4.74 Å². The summed E-state index contributed by atoms with van der Waals surface area (Å²) in [6.45, 7) is 0. The van der Waals surface area contributed by atoms with Gasteiger partial charge in [0.05, 0.1) is 14.7 Å². The van der Waals surface area contributed by atoms with Crippen LogP contribution in [-0.2, 0) is 9.83 Å². The second kappa shape index (κ2) is 4.13. The van der Waals surface area contributed by atoms with E-state index in [2.05, 4.69) is 0 Å². The number of hydrogen-bond donors (Lipinski definition) is 0. The van der Waals surface area contributed by atoms with Gasteiger partial charge in [-0.3, -0.25) is 4.79 Å². The number of para-hydroxylation sites is 1. The van der Waals surface area contributed by atoms with Crippen LogP contribution in [0, 0.1) is 0 Å². The highest BCUT2D eigenvalue weighted by Gasteiger charge is 2.31. The lowest BCUT2D eigenvalue weighted by Crippen LogP contribution is -1.98. The molecule has 1 unspecified atom stereocenters. The number of ether oxygens (including phenoxy) is 1. The lowest BCUT2D eigenvalue weighted by atomic mass is 10.2. The summed E-state index contributed by atoms with van der Waals surface area (Å²) in [6, 6.07) is 11.2. The first-order valence-corrected chi connectivity index (χ1v) is 8.79. The molecular formula is C13H6O3S3. The van der Waals surface area contributed by atoms with Crippen LogP contribution in [0.1, 0.15) is 10.4 Å². The highest BCUT2D eigenvalue weighted by molar-refractivity contribution is 8.76. The maximum absolute atomic E-state index is 11.8. The average Bonchev–Trinajstić information content (AvgIpc) is 2.69. The molecule has 0 saturated carbocycles. The molecule has 0 saturated heterocycles. The molecule has 94 valence electrons. The summed E-state index contributed by atoms with van der Waals surface area (Å²) in [7, 11) is -0.446. The van der Waals surface area contributed by atoms with E-state index in [0.717, 1.165) is 26.3 Å². The van der Waals surface area contributed by atoms with Crippen LogP contribution in [0.4, 0.5) is 0 Å². The predicted octanol–water partition coefficient (Wildman–Crippen LogP) is 3.85. The minimum absolute atomic E-state index is 0.129. The molecule has 0 aromatic heterocycles. The molecule has 0 aliphatic carbocycles. The molecule has 2 aliphatic rings. The van der Waals surface area contributed by atoms with Crippen LogP contribution in [0.15, 0.2) is 51.1 Å². The zero-order valence-corrected chi connectivity index (χ0v) is 11.9. The lowest BCUT2D eigenvalue weighted by Gasteiger charge is -2.19. The van der Waals surface area contributed by atoms with E-state index < -0.39 is 9.83 Å². The van der Waals surface area contributed by atoms with Crippen LogP contribution in [0.3, 0.4) is 0 Å². The summed E-state index contributed by atoms with van der Waals surface area (Å²) in [6.07, 6.45) is 0. The molecule has 4 rings (SSSR count). The summed E-state index contributed by atoms with van der Waals surface area (Å²) >= 11 is 1.57. The minimum atomic E-state index is -1.31. The molecule has 0 N–H and O–H groups in total. The fourth-order valence-corrected chi connectivity index (χ4v) is 5.43. The molecule has 0 spiro atoms. The third-order valence-corrected chi connectivity index (χ3v) is 6.65. The van der Waals surface area contributed by atoms with Crippen LogP contribution >= 0.6 is 22.6 Å². The zero-order chi connectivity index (χ0) is 13.0. The first-order valence-electron chi connectivity index (χ1n) is 5.49. The Bertz CT molecular complexity index is 693. The van der Waals surface area contributed by atoms with Gasteiger partial charge in [-0.2, -0.15) is 0 Å². The largest absolute Gasteiger partial charge is 0.455 e. The Morgan fingerprint density at radius 3 is 2.79 bits per heavy atom. The maximum Gasteiger partial charge on any atom is 0.233 e. The zero-order valence-electron chi connectivity index (χ0n) is 9.41. The summed E-state index contributed by atoms with van der Waals surface area (Å²) in [5.41, 5.74) is 0.539. The van der Waals surface area contributed by atoms with Crippen molar-refractivity contribution in [1.29, 1.82) is 0 Å². The van der Waals surface area contributed by atoms with Crippen LogP contribution in [-0.4, -0.2) is 9.32 Å². The van der Waals surface area contributed by atoms with Gasteiger partial charge in [0.25, 0.3) is 0 Å². The van der Waals surface area contributed by atoms with Crippen molar-refractivity contribution in [2.75, 3.05) is 0 Å². The fourth-order valence-electron chi connectivity index (χ4n) is 2.01. The third kappa shape index (κ3) is 1.74. The monoisotopic (exact) mass is 306 g/mol. The highest BCUT2D eigenvalue weighted by Crippen LogP contribution is 2.50. The topological polar surface area (TPSA) is 43.4 Å². The second-order valence-corrected chi connectivity index (χ2v) is 7.99. The average molecular weight is 306 g/mol. The van der Waals surface area contributed by atoms with E-state index in [-0.39, 0.29) is 5.12 Å². The SMILES string of the molecule is O=C1SS(=O)c2cc3c(cc21)Sc1ccccc1O3. The van der Waals surface area contributed by atoms with Gasteiger partial charge in [-0.1, -0.05) is 23.9 Å². The van der Waals surface area contributed by atoms with Crippen LogP contribution in [0.2, 0.25) is 0 Å². The molecule has 2 heterocycles. The summed E-state index contributed by atoms with van der Waals surface area (Å²) in [5.74, 6) is 1.47. The number of hydrogen-bond acceptors (Lipinski definition) is 5. The van der Waals surface area contributed by atoms with Gasteiger partial charge in [-0.15, -0.1) is 0 Å². The molecule has 2 aliphatic heterocycles. The number of benzene rings is 2. The first-order chi connectivity index (χ1) is 9.22. The summed E-state index contributed by atoms with van der Waals surface area (Å²) in [5, 5.41) is -0.129. The van der Waals surface area contributed by atoms with Crippen molar-refractivity contribution in [3.05, 3.63) is 42.0 Å². The Morgan fingerprint density at radius 2 is 1.89 bits per heavy atom. The van der Waals surface area contributed by atoms with E-state index in [9.17, 15) is 9.00 Å². The normalized spacial score (nSPS) is 19.4. The molecule has 3 nitrogen and oxygen atoms in total. The van der Waals surface area contributed by atoms with E-state index in [1.807, 2.05) is 24.3 Å². The molecule has 0 fully saturated rings. The first kappa shape index (κ1) is 11.6. The Labute approximate surface area is 119 Å². The molecule has 0 radical (unpaired) electrons.